The first kappa shape index (κ1) is 19.4. The highest BCUT2D eigenvalue weighted by atomic mass is 32.1. The lowest BCUT2D eigenvalue weighted by atomic mass is 9.95. The second-order valence-electron chi connectivity index (χ2n) is 7.16. The van der Waals surface area contributed by atoms with Gasteiger partial charge in [-0.05, 0) is 55.0 Å². The van der Waals surface area contributed by atoms with Crippen molar-refractivity contribution < 1.29 is 9.59 Å². The normalized spacial score (nSPS) is 14.7. The number of pyridine rings is 1. The average molecular weight is 409 g/mol. The lowest BCUT2D eigenvalue weighted by molar-refractivity contribution is -0.126. The van der Waals surface area contributed by atoms with Crippen LogP contribution >= 0.6 is 11.3 Å². The Hall–Kier alpha value is -2.93. The molecule has 0 bridgehead atoms. The molecule has 1 saturated heterocycles. The molecule has 3 aromatic heterocycles. The molecule has 0 aliphatic carbocycles. The van der Waals surface area contributed by atoms with Gasteiger partial charge in [-0.25, -0.2) is 0 Å². The van der Waals surface area contributed by atoms with E-state index in [0.717, 1.165) is 12.1 Å². The molecule has 1 aliphatic rings. The van der Waals surface area contributed by atoms with Crippen molar-refractivity contribution in [1.29, 1.82) is 0 Å². The highest BCUT2D eigenvalue weighted by Gasteiger charge is 2.28. The Morgan fingerprint density at radius 3 is 2.72 bits per heavy atom. The Morgan fingerprint density at radius 1 is 1.14 bits per heavy atom. The van der Waals surface area contributed by atoms with E-state index in [0.29, 0.717) is 38.2 Å². The Morgan fingerprint density at radius 2 is 2.00 bits per heavy atom. The number of rotatable bonds is 6. The van der Waals surface area contributed by atoms with Gasteiger partial charge in [-0.2, -0.15) is 0 Å². The molecule has 4 heterocycles. The van der Waals surface area contributed by atoms with E-state index in [1.807, 2.05) is 46.0 Å². The van der Waals surface area contributed by atoms with Crippen molar-refractivity contribution in [1.82, 2.24) is 19.8 Å². The minimum absolute atomic E-state index is 0.00425. The minimum Gasteiger partial charge on any atom is -0.355 e. The summed E-state index contributed by atoms with van der Waals surface area (Å²) in [5.41, 5.74) is 1.48. The number of nitrogens with one attached hydrogen (secondary N) is 1. The SMILES string of the molecule is O=C(NCCc1cccs1)C1CCN(C(=O)c2cccn2-c2cccnc2)CC1. The summed E-state index contributed by atoms with van der Waals surface area (Å²) >= 11 is 1.71. The summed E-state index contributed by atoms with van der Waals surface area (Å²) in [5, 5.41) is 5.10. The van der Waals surface area contributed by atoms with Crippen molar-refractivity contribution in [2.75, 3.05) is 19.6 Å². The molecule has 1 fully saturated rings. The van der Waals surface area contributed by atoms with Gasteiger partial charge in [-0.1, -0.05) is 6.07 Å². The van der Waals surface area contributed by atoms with Crippen molar-refractivity contribution in [3.05, 3.63) is 70.9 Å². The number of nitrogens with zero attached hydrogens (tertiary/aromatic N) is 3. The van der Waals surface area contributed by atoms with E-state index >= 15 is 0 Å². The second-order valence-corrected chi connectivity index (χ2v) is 8.19. The van der Waals surface area contributed by atoms with E-state index in [-0.39, 0.29) is 17.7 Å². The van der Waals surface area contributed by atoms with Gasteiger partial charge < -0.3 is 14.8 Å². The van der Waals surface area contributed by atoms with Crippen LogP contribution in [0.3, 0.4) is 0 Å². The number of hydrogen-bond acceptors (Lipinski definition) is 4. The third-order valence-corrected chi connectivity index (χ3v) is 6.23. The van der Waals surface area contributed by atoms with Crippen molar-refractivity contribution in [3.63, 3.8) is 0 Å². The number of thiophene rings is 1. The Balaban J connectivity index is 1.30. The van der Waals surface area contributed by atoms with Gasteiger partial charge >= 0.3 is 0 Å². The van der Waals surface area contributed by atoms with Crippen LogP contribution in [0.25, 0.3) is 5.69 Å². The molecule has 2 amide bonds. The van der Waals surface area contributed by atoms with E-state index in [2.05, 4.69) is 21.7 Å². The van der Waals surface area contributed by atoms with E-state index in [4.69, 9.17) is 0 Å². The van der Waals surface area contributed by atoms with Gasteiger partial charge in [0.25, 0.3) is 5.91 Å². The van der Waals surface area contributed by atoms with Crippen LogP contribution in [0.5, 0.6) is 0 Å². The summed E-state index contributed by atoms with van der Waals surface area (Å²) in [7, 11) is 0. The number of carbonyl (C=O) groups is 2. The topological polar surface area (TPSA) is 67.2 Å². The summed E-state index contributed by atoms with van der Waals surface area (Å²) in [6.45, 7) is 1.86. The van der Waals surface area contributed by atoms with Crippen molar-refractivity contribution in [3.8, 4) is 5.69 Å². The van der Waals surface area contributed by atoms with Crippen LogP contribution in [0, 0.1) is 5.92 Å². The molecule has 3 aromatic rings. The van der Waals surface area contributed by atoms with Crippen LogP contribution < -0.4 is 5.32 Å². The summed E-state index contributed by atoms with van der Waals surface area (Å²) in [6, 6.07) is 11.6. The molecular formula is C22H24N4O2S. The molecule has 4 rings (SSSR count). The largest absolute Gasteiger partial charge is 0.355 e. The number of aromatic nitrogens is 2. The molecule has 0 saturated carbocycles. The maximum absolute atomic E-state index is 13.0. The van der Waals surface area contributed by atoms with Crippen LogP contribution in [0.15, 0.2) is 60.4 Å². The van der Waals surface area contributed by atoms with Gasteiger partial charge in [0, 0.05) is 42.8 Å². The number of hydrogen-bond donors (Lipinski definition) is 1. The van der Waals surface area contributed by atoms with E-state index in [1.54, 1.807) is 23.7 Å². The molecule has 0 aromatic carbocycles. The highest BCUT2D eigenvalue weighted by molar-refractivity contribution is 7.09. The zero-order valence-electron chi connectivity index (χ0n) is 16.2. The fourth-order valence-corrected chi connectivity index (χ4v) is 4.40. The molecule has 7 heteroatoms. The Labute approximate surface area is 174 Å². The van der Waals surface area contributed by atoms with Crippen molar-refractivity contribution >= 4 is 23.2 Å². The zero-order valence-corrected chi connectivity index (χ0v) is 17.0. The van der Waals surface area contributed by atoms with Crippen LogP contribution in [0.1, 0.15) is 28.2 Å². The van der Waals surface area contributed by atoms with Crippen molar-refractivity contribution in [2.45, 2.75) is 19.3 Å². The fraction of sp³-hybridized carbons (Fsp3) is 0.318. The second kappa shape index (κ2) is 9.05. The molecule has 1 N–H and O–H groups in total. The van der Waals surface area contributed by atoms with Crippen LogP contribution in [0.4, 0.5) is 0 Å². The molecule has 0 spiro atoms. The maximum atomic E-state index is 13.0. The summed E-state index contributed by atoms with van der Waals surface area (Å²) in [5.74, 6) is 0.0790. The first-order valence-corrected chi connectivity index (χ1v) is 10.8. The van der Waals surface area contributed by atoms with Crippen molar-refractivity contribution in [2.24, 2.45) is 5.92 Å². The fourth-order valence-electron chi connectivity index (χ4n) is 3.69. The molecule has 150 valence electrons. The quantitative estimate of drug-likeness (QED) is 0.681. The summed E-state index contributed by atoms with van der Waals surface area (Å²) < 4.78 is 1.86. The predicted molar refractivity (Wildman–Crippen MR) is 113 cm³/mol. The molecular weight excluding hydrogens is 384 g/mol. The lowest BCUT2D eigenvalue weighted by Gasteiger charge is -2.31. The molecule has 1 aliphatic heterocycles. The molecule has 6 nitrogen and oxygen atoms in total. The Kier molecular flexibility index (Phi) is 6.05. The number of likely N-dealkylation sites (tertiary alicyclic amines) is 1. The van der Waals surface area contributed by atoms with E-state index in [1.165, 1.54) is 4.88 Å². The minimum atomic E-state index is -0.0208. The van der Waals surface area contributed by atoms with Gasteiger partial charge in [0.15, 0.2) is 0 Å². The Bertz CT molecular complexity index is 944. The average Bonchev–Trinajstić information content (AvgIpc) is 3.46. The zero-order chi connectivity index (χ0) is 20.1. The van der Waals surface area contributed by atoms with Crippen LogP contribution in [-0.4, -0.2) is 45.9 Å². The van der Waals surface area contributed by atoms with Gasteiger partial charge in [-0.15, -0.1) is 11.3 Å². The summed E-state index contributed by atoms with van der Waals surface area (Å²) in [4.78, 5) is 32.7. The van der Waals surface area contributed by atoms with Crippen LogP contribution in [-0.2, 0) is 11.2 Å². The standard InChI is InChI=1S/C22H24N4O2S/c27-21(24-11-7-19-5-3-15-29-19)17-8-13-25(14-9-17)22(28)20-6-2-12-26(20)18-4-1-10-23-16-18/h1-6,10,12,15-17H,7-9,11,13-14H2,(H,24,27). The monoisotopic (exact) mass is 408 g/mol. The van der Waals surface area contributed by atoms with Crippen LogP contribution in [0.2, 0.25) is 0 Å². The number of amides is 2. The van der Waals surface area contributed by atoms with E-state index in [9.17, 15) is 9.59 Å². The van der Waals surface area contributed by atoms with Gasteiger partial charge in [0.2, 0.25) is 5.91 Å². The first-order chi connectivity index (χ1) is 14.2. The lowest BCUT2D eigenvalue weighted by Crippen LogP contribution is -2.43. The predicted octanol–water partition coefficient (Wildman–Crippen LogP) is 3.14. The van der Waals surface area contributed by atoms with Gasteiger partial charge in [0.05, 0.1) is 11.9 Å². The molecule has 0 radical (unpaired) electrons. The molecule has 0 atom stereocenters. The van der Waals surface area contributed by atoms with E-state index < -0.39 is 0 Å². The maximum Gasteiger partial charge on any atom is 0.270 e. The smallest absolute Gasteiger partial charge is 0.270 e. The third-order valence-electron chi connectivity index (χ3n) is 5.30. The number of piperidine rings is 1. The van der Waals surface area contributed by atoms with Gasteiger partial charge in [0.1, 0.15) is 5.69 Å². The molecule has 0 unspecified atom stereocenters. The molecule has 29 heavy (non-hydrogen) atoms. The third kappa shape index (κ3) is 4.56. The highest BCUT2D eigenvalue weighted by Crippen LogP contribution is 2.21. The first-order valence-electron chi connectivity index (χ1n) is 9.89. The van der Waals surface area contributed by atoms with Gasteiger partial charge in [-0.3, -0.25) is 14.6 Å². The summed E-state index contributed by atoms with van der Waals surface area (Å²) in [6.07, 6.45) is 7.59. The number of carbonyl (C=O) groups excluding carboxylic acids is 2.